The van der Waals surface area contributed by atoms with E-state index in [1.165, 1.54) is 6.07 Å². The lowest BCUT2D eigenvalue weighted by Gasteiger charge is -2.06. The van der Waals surface area contributed by atoms with Crippen molar-refractivity contribution in [3.8, 4) is 6.07 Å². The van der Waals surface area contributed by atoms with E-state index in [-0.39, 0.29) is 0 Å². The first-order valence-corrected chi connectivity index (χ1v) is 5.08. The van der Waals surface area contributed by atoms with E-state index in [9.17, 15) is 4.39 Å². The summed E-state index contributed by atoms with van der Waals surface area (Å²) in [6, 6.07) is 5.07. The fraction of sp³-hybridized carbons (Fsp3) is 0.182. The number of hydrogen-bond acceptors (Lipinski definition) is 2. The molecule has 0 heterocycles. The molecule has 0 bridgehead atoms. The van der Waals surface area contributed by atoms with Crippen LogP contribution < -0.4 is 0 Å². The number of nitriles is 1. The number of halogens is 2. The summed E-state index contributed by atoms with van der Waals surface area (Å²) in [5.74, 6) is -0.410. The third-order valence-electron chi connectivity index (χ3n) is 1.79. The Morgan fingerprint density at radius 1 is 1.47 bits per heavy atom. The first-order valence-electron chi connectivity index (χ1n) is 4.29. The van der Waals surface area contributed by atoms with E-state index in [0.29, 0.717) is 15.6 Å². The lowest BCUT2D eigenvalue weighted by Crippen LogP contribution is -2.00. The maximum atomic E-state index is 13.6. The van der Waals surface area contributed by atoms with Crippen LogP contribution in [0.1, 0.15) is 11.1 Å². The van der Waals surface area contributed by atoms with Crippen molar-refractivity contribution in [2.75, 3.05) is 14.1 Å². The lowest BCUT2D eigenvalue weighted by molar-refractivity contribution is 0.566. The lowest BCUT2D eigenvalue weighted by atomic mass is 10.1. The molecule has 0 aliphatic heterocycles. The summed E-state index contributed by atoms with van der Waals surface area (Å²) >= 11 is 3.08. The molecule has 0 unspecified atom stereocenters. The predicted molar refractivity (Wildman–Crippen MR) is 61.5 cm³/mol. The number of nitrogens with zero attached hydrogens (tertiary/aromatic N) is 2. The van der Waals surface area contributed by atoms with Gasteiger partial charge in [0.25, 0.3) is 0 Å². The zero-order valence-corrected chi connectivity index (χ0v) is 10.0. The van der Waals surface area contributed by atoms with Crippen LogP contribution in [0.5, 0.6) is 0 Å². The van der Waals surface area contributed by atoms with E-state index in [4.69, 9.17) is 5.26 Å². The highest BCUT2D eigenvalue weighted by Gasteiger charge is 2.08. The van der Waals surface area contributed by atoms with E-state index >= 15 is 0 Å². The second-order valence-corrected chi connectivity index (χ2v) is 4.07. The zero-order valence-electron chi connectivity index (χ0n) is 8.46. The molecule has 2 nitrogen and oxygen atoms in total. The van der Waals surface area contributed by atoms with Gasteiger partial charge >= 0.3 is 0 Å². The van der Waals surface area contributed by atoms with Crippen LogP contribution >= 0.6 is 15.9 Å². The Kier molecular flexibility index (Phi) is 3.87. The molecule has 1 aromatic carbocycles. The first-order chi connectivity index (χ1) is 7.06. The molecule has 0 N–H and O–H groups in total. The molecule has 0 saturated carbocycles. The van der Waals surface area contributed by atoms with Crippen LogP contribution in [0.25, 0.3) is 6.08 Å². The van der Waals surface area contributed by atoms with E-state index in [1.807, 2.05) is 20.2 Å². The van der Waals surface area contributed by atoms with Crippen LogP contribution in [0.2, 0.25) is 0 Å². The second-order valence-electron chi connectivity index (χ2n) is 3.21. The number of benzene rings is 1. The van der Waals surface area contributed by atoms with Crippen molar-refractivity contribution in [1.82, 2.24) is 4.90 Å². The molecule has 0 saturated heterocycles. The molecule has 1 aromatic rings. The van der Waals surface area contributed by atoms with Gasteiger partial charge in [-0.25, -0.2) is 4.39 Å². The molecule has 0 aliphatic carbocycles. The van der Waals surface area contributed by atoms with E-state index in [0.717, 1.165) is 0 Å². The van der Waals surface area contributed by atoms with E-state index in [1.54, 1.807) is 23.2 Å². The maximum Gasteiger partial charge on any atom is 0.145 e. The summed E-state index contributed by atoms with van der Waals surface area (Å²) in [4.78, 5) is 1.78. The van der Waals surface area contributed by atoms with E-state index in [2.05, 4.69) is 15.9 Å². The summed E-state index contributed by atoms with van der Waals surface area (Å²) in [5, 5.41) is 8.82. The summed E-state index contributed by atoms with van der Waals surface area (Å²) in [5.41, 5.74) is 0.634. The Morgan fingerprint density at radius 3 is 2.67 bits per heavy atom. The Labute approximate surface area is 96.8 Å². The molecule has 0 radical (unpaired) electrons. The first kappa shape index (κ1) is 11.7. The molecule has 0 atom stereocenters. The van der Waals surface area contributed by atoms with Gasteiger partial charge in [-0.05, 0) is 40.3 Å². The zero-order chi connectivity index (χ0) is 11.4. The van der Waals surface area contributed by atoms with Crippen LogP contribution in [0.4, 0.5) is 4.39 Å². The molecule has 0 aliphatic rings. The van der Waals surface area contributed by atoms with Crippen molar-refractivity contribution >= 4 is 22.0 Å². The fourth-order valence-electron chi connectivity index (χ4n) is 1.05. The standard InChI is InChI=1S/C11H10BrFN2/c1-15(2)6-5-9-8(7-14)3-4-10(12)11(9)13/h3-6H,1-2H3/b6-5+. The number of hydrogen-bond donors (Lipinski definition) is 0. The largest absolute Gasteiger partial charge is 0.383 e. The van der Waals surface area contributed by atoms with Crippen LogP contribution in [0.3, 0.4) is 0 Å². The van der Waals surface area contributed by atoms with Crippen molar-refractivity contribution in [1.29, 1.82) is 5.26 Å². The molecular formula is C11H10BrFN2. The molecule has 1 rings (SSSR count). The highest BCUT2D eigenvalue weighted by molar-refractivity contribution is 9.10. The van der Waals surface area contributed by atoms with Gasteiger partial charge in [0.2, 0.25) is 0 Å². The fourth-order valence-corrected chi connectivity index (χ4v) is 1.40. The van der Waals surface area contributed by atoms with Gasteiger partial charge in [-0.15, -0.1) is 0 Å². The van der Waals surface area contributed by atoms with Crippen molar-refractivity contribution < 1.29 is 4.39 Å². The van der Waals surface area contributed by atoms with Gasteiger partial charge in [-0.3, -0.25) is 0 Å². The average Bonchev–Trinajstić information content (AvgIpc) is 2.20. The summed E-state index contributed by atoms with van der Waals surface area (Å²) in [6.07, 6.45) is 3.28. The topological polar surface area (TPSA) is 27.0 Å². The van der Waals surface area contributed by atoms with Crippen LogP contribution in [-0.2, 0) is 0 Å². The Morgan fingerprint density at radius 2 is 2.13 bits per heavy atom. The SMILES string of the molecule is CN(C)/C=C/c1c(C#N)ccc(Br)c1F. The normalized spacial score (nSPS) is 10.3. The molecule has 0 amide bonds. The van der Waals surface area contributed by atoms with Gasteiger partial charge in [0.05, 0.1) is 16.1 Å². The van der Waals surface area contributed by atoms with Gasteiger partial charge in [0.15, 0.2) is 0 Å². The molecule has 78 valence electrons. The number of rotatable bonds is 2. The van der Waals surface area contributed by atoms with Crippen molar-refractivity contribution in [2.45, 2.75) is 0 Å². The van der Waals surface area contributed by atoms with Gasteiger partial charge < -0.3 is 4.90 Å². The highest BCUT2D eigenvalue weighted by atomic mass is 79.9. The Balaban J connectivity index is 3.26. The Bertz CT molecular complexity index is 433. The third-order valence-corrected chi connectivity index (χ3v) is 2.40. The molecular weight excluding hydrogens is 259 g/mol. The van der Waals surface area contributed by atoms with Gasteiger partial charge in [-0.1, -0.05) is 0 Å². The van der Waals surface area contributed by atoms with Gasteiger partial charge in [0, 0.05) is 19.7 Å². The minimum absolute atomic E-state index is 0.306. The molecule has 0 fully saturated rings. The Hall–Kier alpha value is -1.34. The minimum atomic E-state index is -0.410. The van der Waals surface area contributed by atoms with Crippen molar-refractivity contribution in [2.24, 2.45) is 0 Å². The molecule has 15 heavy (non-hydrogen) atoms. The van der Waals surface area contributed by atoms with Crippen LogP contribution in [-0.4, -0.2) is 19.0 Å². The predicted octanol–water partition coefficient (Wildman–Crippen LogP) is 2.99. The van der Waals surface area contributed by atoms with Crippen LogP contribution in [0.15, 0.2) is 22.8 Å². The third kappa shape index (κ3) is 2.80. The van der Waals surface area contributed by atoms with Crippen molar-refractivity contribution in [3.63, 3.8) is 0 Å². The molecule has 4 heteroatoms. The van der Waals surface area contributed by atoms with E-state index < -0.39 is 5.82 Å². The van der Waals surface area contributed by atoms with Crippen molar-refractivity contribution in [3.05, 3.63) is 39.7 Å². The molecule has 0 aromatic heterocycles. The van der Waals surface area contributed by atoms with Gasteiger partial charge in [-0.2, -0.15) is 5.26 Å². The summed E-state index contributed by atoms with van der Waals surface area (Å²) in [7, 11) is 3.66. The maximum absolute atomic E-state index is 13.6. The smallest absolute Gasteiger partial charge is 0.145 e. The van der Waals surface area contributed by atoms with Crippen LogP contribution in [0, 0.1) is 17.1 Å². The molecule has 0 spiro atoms. The monoisotopic (exact) mass is 268 g/mol. The summed E-state index contributed by atoms with van der Waals surface area (Å²) in [6.45, 7) is 0. The minimum Gasteiger partial charge on any atom is -0.383 e. The second kappa shape index (κ2) is 4.94. The average molecular weight is 269 g/mol. The summed E-state index contributed by atoms with van der Waals surface area (Å²) < 4.78 is 14.0. The quantitative estimate of drug-likeness (QED) is 0.825. The van der Waals surface area contributed by atoms with Gasteiger partial charge in [0.1, 0.15) is 5.82 Å². The highest BCUT2D eigenvalue weighted by Crippen LogP contribution is 2.23.